The molecular formula is C24H37N3O8S. The average molecular weight is 528 g/mol. The Labute approximate surface area is 211 Å². The topological polar surface area (TPSA) is 168 Å². The third kappa shape index (κ3) is 8.02. The van der Waals surface area contributed by atoms with E-state index in [4.69, 9.17) is 4.74 Å². The van der Waals surface area contributed by atoms with Crippen LogP contribution in [0.15, 0.2) is 12.2 Å². The van der Waals surface area contributed by atoms with Gasteiger partial charge in [0.2, 0.25) is 11.8 Å². The summed E-state index contributed by atoms with van der Waals surface area (Å²) in [5.74, 6) is -0.513. The van der Waals surface area contributed by atoms with Gasteiger partial charge in [-0.3, -0.25) is 18.9 Å². The highest BCUT2D eigenvalue weighted by atomic mass is 32.2. The molecule has 36 heavy (non-hydrogen) atoms. The molecule has 3 rings (SSSR count). The molecule has 0 aromatic rings. The van der Waals surface area contributed by atoms with Crippen molar-refractivity contribution in [2.75, 3.05) is 13.2 Å². The Kier molecular flexibility index (Phi) is 9.51. The Morgan fingerprint density at radius 3 is 2.53 bits per heavy atom. The molecule has 3 amide bonds. The molecule has 2 aliphatic carbocycles. The molecule has 1 saturated heterocycles. The molecule has 11 nitrogen and oxygen atoms in total. The second-order valence-electron chi connectivity index (χ2n) is 10.7. The average Bonchev–Trinajstić information content (AvgIpc) is 3.19. The van der Waals surface area contributed by atoms with Crippen molar-refractivity contribution in [1.82, 2.24) is 16.0 Å². The van der Waals surface area contributed by atoms with E-state index < -0.39 is 45.2 Å². The summed E-state index contributed by atoms with van der Waals surface area (Å²) in [5, 5.41) is 5.85. The maximum Gasteiger partial charge on any atom is 0.407 e. The van der Waals surface area contributed by atoms with Gasteiger partial charge in [-0.05, 0) is 68.6 Å². The molecule has 0 spiro atoms. The van der Waals surface area contributed by atoms with Crippen LogP contribution in [0.25, 0.3) is 0 Å². The molecule has 1 aliphatic heterocycles. The monoisotopic (exact) mass is 527 g/mol. The van der Waals surface area contributed by atoms with Crippen LogP contribution in [0.2, 0.25) is 0 Å². The van der Waals surface area contributed by atoms with Gasteiger partial charge in [-0.25, -0.2) is 4.79 Å². The van der Waals surface area contributed by atoms with Crippen molar-refractivity contribution in [2.24, 2.45) is 29.6 Å². The first-order chi connectivity index (χ1) is 16.9. The lowest BCUT2D eigenvalue weighted by Gasteiger charge is -2.35. The molecule has 4 N–H and O–H groups in total. The minimum Gasteiger partial charge on any atom is -0.449 e. The molecule has 1 heterocycles. The van der Waals surface area contributed by atoms with E-state index in [0.29, 0.717) is 24.8 Å². The van der Waals surface area contributed by atoms with Gasteiger partial charge in [0.1, 0.15) is 12.1 Å². The van der Waals surface area contributed by atoms with Crippen molar-refractivity contribution < 1.29 is 36.9 Å². The maximum atomic E-state index is 13.0. The number of amides is 3. The molecule has 0 aromatic heterocycles. The van der Waals surface area contributed by atoms with E-state index in [1.54, 1.807) is 0 Å². The Morgan fingerprint density at radius 2 is 1.92 bits per heavy atom. The van der Waals surface area contributed by atoms with Crippen LogP contribution in [0.5, 0.6) is 0 Å². The number of nitrogens with one attached hydrogen (secondary N) is 3. The summed E-state index contributed by atoms with van der Waals surface area (Å²) >= 11 is 0. The predicted molar refractivity (Wildman–Crippen MR) is 130 cm³/mol. The van der Waals surface area contributed by atoms with Crippen LogP contribution in [-0.4, -0.2) is 61.2 Å². The second kappa shape index (κ2) is 12.2. The summed E-state index contributed by atoms with van der Waals surface area (Å²) in [4.78, 5) is 49.8. The van der Waals surface area contributed by atoms with E-state index in [1.165, 1.54) is 6.42 Å². The number of carbonyl (C=O) groups is 4. The number of hydrogen-bond donors (Lipinski definition) is 4. The predicted octanol–water partition coefficient (Wildman–Crippen LogP) is 1.55. The van der Waals surface area contributed by atoms with E-state index in [2.05, 4.69) is 28.1 Å². The second-order valence-corrected chi connectivity index (χ2v) is 12.0. The quantitative estimate of drug-likeness (QED) is 0.245. The first kappa shape index (κ1) is 28.1. The van der Waals surface area contributed by atoms with E-state index in [9.17, 15) is 32.1 Å². The third-order valence-electron chi connectivity index (χ3n) is 7.12. The van der Waals surface area contributed by atoms with Crippen LogP contribution in [-0.2, 0) is 29.2 Å². The fourth-order valence-electron chi connectivity index (χ4n) is 5.47. The van der Waals surface area contributed by atoms with Crippen LogP contribution < -0.4 is 16.0 Å². The first-order valence-electron chi connectivity index (χ1n) is 12.6. The van der Waals surface area contributed by atoms with Gasteiger partial charge >= 0.3 is 16.2 Å². The number of allylic oxidation sites excluding steroid dienone is 2. The summed E-state index contributed by atoms with van der Waals surface area (Å²) < 4.78 is 37.7. The number of hydrogen-bond acceptors (Lipinski definition) is 7. The van der Waals surface area contributed by atoms with E-state index in [0.717, 1.165) is 19.3 Å². The molecule has 3 aliphatic rings. The van der Waals surface area contributed by atoms with Gasteiger partial charge in [-0.15, -0.1) is 0 Å². The number of ether oxygens (including phenoxy) is 1. The third-order valence-corrected chi connectivity index (χ3v) is 7.91. The molecule has 0 aromatic carbocycles. The molecule has 12 heteroatoms. The normalized spacial score (nSPS) is 27.2. The fraction of sp³-hybridized carbons (Fsp3) is 0.750. The summed E-state index contributed by atoms with van der Waals surface area (Å²) in [6.45, 7) is 4.28. The Bertz CT molecular complexity index is 980. The van der Waals surface area contributed by atoms with Crippen molar-refractivity contribution in [3.63, 3.8) is 0 Å². The molecular weight excluding hydrogens is 490 g/mol. The smallest absolute Gasteiger partial charge is 0.407 e. The SMILES string of the molecule is CC(C)CC(NC(=O)OCC1CC2C=CCC(C2)C1)C(=O)NC(CC1CCNC1=O)C(=O)S(=O)(=O)O. The molecule has 6 unspecified atom stereocenters. The van der Waals surface area contributed by atoms with Crippen LogP contribution in [0.4, 0.5) is 4.79 Å². The van der Waals surface area contributed by atoms with Gasteiger partial charge in [0, 0.05) is 12.5 Å². The molecule has 0 radical (unpaired) electrons. The van der Waals surface area contributed by atoms with Gasteiger partial charge in [0.25, 0.3) is 5.12 Å². The highest BCUT2D eigenvalue weighted by Crippen LogP contribution is 2.39. The Morgan fingerprint density at radius 1 is 1.17 bits per heavy atom. The lowest BCUT2D eigenvalue weighted by Crippen LogP contribution is -2.53. The number of carbonyl (C=O) groups excluding carboxylic acids is 4. The molecule has 6 atom stereocenters. The molecule has 2 fully saturated rings. The summed E-state index contributed by atoms with van der Waals surface area (Å²) in [7, 11) is -5.11. The van der Waals surface area contributed by atoms with E-state index >= 15 is 0 Å². The van der Waals surface area contributed by atoms with Crippen LogP contribution in [0.3, 0.4) is 0 Å². The zero-order valence-electron chi connectivity index (χ0n) is 20.8. The lowest BCUT2D eigenvalue weighted by molar-refractivity contribution is -0.128. The van der Waals surface area contributed by atoms with Gasteiger partial charge in [-0.2, -0.15) is 8.42 Å². The van der Waals surface area contributed by atoms with Crippen molar-refractivity contribution >= 4 is 33.1 Å². The highest BCUT2D eigenvalue weighted by molar-refractivity contribution is 8.01. The van der Waals surface area contributed by atoms with Crippen LogP contribution >= 0.6 is 0 Å². The lowest BCUT2D eigenvalue weighted by atomic mass is 9.71. The standard InChI is InChI=1S/C24H37N3O8S/c1-14(2)8-19(27-24(31)35-13-17-10-15-4-3-5-16(9-15)11-17)22(29)26-20(23(30)36(32,33)34)12-18-6-7-25-21(18)28/h3-4,14-20H,5-13H2,1-2H3,(H,25,28)(H,26,29)(H,27,31)(H,32,33,34). The number of fused-ring (bicyclic) bond motifs is 2. The summed E-state index contributed by atoms with van der Waals surface area (Å²) in [5.41, 5.74) is 0. The maximum absolute atomic E-state index is 13.0. The number of rotatable bonds is 10. The molecule has 202 valence electrons. The van der Waals surface area contributed by atoms with Gasteiger partial charge in [-0.1, -0.05) is 26.0 Å². The zero-order chi connectivity index (χ0) is 26.5. The highest BCUT2D eigenvalue weighted by Gasteiger charge is 2.38. The molecule has 2 bridgehead atoms. The van der Waals surface area contributed by atoms with Crippen molar-refractivity contribution in [3.8, 4) is 0 Å². The summed E-state index contributed by atoms with van der Waals surface area (Å²) in [6.07, 6.45) is 8.11. The van der Waals surface area contributed by atoms with Crippen molar-refractivity contribution in [2.45, 2.75) is 70.9 Å². The van der Waals surface area contributed by atoms with Crippen molar-refractivity contribution in [1.29, 1.82) is 0 Å². The number of alkyl carbamates (subject to hydrolysis) is 1. The van der Waals surface area contributed by atoms with E-state index in [-0.39, 0.29) is 37.2 Å². The van der Waals surface area contributed by atoms with Gasteiger partial charge in [0.05, 0.1) is 6.61 Å². The first-order valence-corrected chi connectivity index (χ1v) is 14.1. The van der Waals surface area contributed by atoms with Crippen LogP contribution in [0.1, 0.15) is 58.8 Å². The summed E-state index contributed by atoms with van der Waals surface area (Å²) in [6, 6.07) is -2.73. The minimum absolute atomic E-state index is 0.0260. The zero-order valence-corrected chi connectivity index (χ0v) is 21.6. The van der Waals surface area contributed by atoms with E-state index in [1.807, 2.05) is 13.8 Å². The largest absolute Gasteiger partial charge is 0.449 e. The minimum atomic E-state index is -5.11. The van der Waals surface area contributed by atoms with Crippen molar-refractivity contribution in [3.05, 3.63) is 12.2 Å². The van der Waals surface area contributed by atoms with Gasteiger partial charge < -0.3 is 20.7 Å². The van der Waals surface area contributed by atoms with Crippen LogP contribution in [0, 0.1) is 29.6 Å². The Hall–Kier alpha value is -2.47. The fourth-order valence-corrected chi connectivity index (χ4v) is 5.98. The Balaban J connectivity index is 1.60. The molecule has 1 saturated carbocycles. The van der Waals surface area contributed by atoms with Gasteiger partial charge in [0.15, 0.2) is 0 Å².